The van der Waals surface area contributed by atoms with Crippen molar-refractivity contribution in [3.8, 4) is 0 Å². The molecule has 0 amide bonds. The quantitative estimate of drug-likeness (QED) is 0.690. The van der Waals surface area contributed by atoms with E-state index in [-0.39, 0.29) is 11.7 Å². The monoisotopic (exact) mass is 449 g/mol. The summed E-state index contributed by atoms with van der Waals surface area (Å²) in [5.74, 6) is -0.316. The first-order valence-corrected chi connectivity index (χ1v) is 9.44. The molecule has 1 saturated heterocycles. The van der Waals surface area contributed by atoms with Crippen molar-refractivity contribution in [2.45, 2.75) is 12.5 Å². The van der Waals surface area contributed by atoms with Crippen LogP contribution in [0.5, 0.6) is 0 Å². The fourth-order valence-corrected chi connectivity index (χ4v) is 6.13. The molecule has 2 N–H and O–H groups in total. The van der Waals surface area contributed by atoms with Gasteiger partial charge in [0.2, 0.25) is 16.0 Å². The van der Waals surface area contributed by atoms with E-state index in [1.807, 2.05) is 0 Å². The van der Waals surface area contributed by atoms with E-state index < -0.39 is 15.6 Å². The third-order valence-electron chi connectivity index (χ3n) is 2.85. The molecule has 0 bridgehead atoms. The predicted octanol–water partition coefficient (Wildman–Crippen LogP) is 2.94. The average molecular weight is 452 g/mol. The van der Waals surface area contributed by atoms with Gasteiger partial charge in [0.25, 0.3) is 0 Å². The first-order valence-electron chi connectivity index (χ1n) is 5.05. The summed E-state index contributed by atoms with van der Waals surface area (Å²) in [6.45, 7) is 1.72. The van der Waals surface area contributed by atoms with Gasteiger partial charge in [-0.05, 0) is 38.8 Å². The molecule has 0 spiro atoms. The minimum atomic E-state index is -3.52. The summed E-state index contributed by atoms with van der Waals surface area (Å²) in [4.78, 5) is 0.675. The lowest BCUT2D eigenvalue weighted by Gasteiger charge is -2.39. The summed E-state index contributed by atoms with van der Waals surface area (Å²) in [5, 5.41) is 11.1. The van der Waals surface area contributed by atoms with Gasteiger partial charge < -0.3 is 5.32 Å². The molecular formula is C9H10Br2ClN3O2S2. The van der Waals surface area contributed by atoms with E-state index in [1.54, 1.807) is 6.92 Å². The summed E-state index contributed by atoms with van der Waals surface area (Å²) < 4.78 is 26.5. The highest BCUT2D eigenvalue weighted by Gasteiger charge is 2.44. The van der Waals surface area contributed by atoms with Gasteiger partial charge in [-0.25, -0.2) is 12.7 Å². The fraction of sp³-hybridized carbons (Fsp3) is 0.444. The molecule has 1 aliphatic rings. The van der Waals surface area contributed by atoms with Gasteiger partial charge in [0.05, 0.1) is 29.5 Å². The van der Waals surface area contributed by atoms with Gasteiger partial charge in [-0.15, -0.1) is 11.3 Å². The van der Waals surface area contributed by atoms with Crippen molar-refractivity contribution in [1.82, 2.24) is 9.62 Å². The molecule has 5 nitrogen and oxygen atoms in total. The van der Waals surface area contributed by atoms with E-state index in [1.165, 1.54) is 18.4 Å². The lowest BCUT2D eigenvalue weighted by molar-refractivity contribution is 0.424. The predicted molar refractivity (Wildman–Crippen MR) is 84.5 cm³/mol. The fourth-order valence-electron chi connectivity index (χ4n) is 1.82. The zero-order chi connectivity index (χ0) is 14.6. The Morgan fingerprint density at radius 2 is 2.11 bits per heavy atom. The third kappa shape index (κ3) is 2.55. The molecule has 19 heavy (non-hydrogen) atoms. The number of nitrogens with one attached hydrogen (secondary N) is 2. The van der Waals surface area contributed by atoms with Crippen LogP contribution in [-0.4, -0.2) is 31.5 Å². The molecule has 0 saturated carbocycles. The van der Waals surface area contributed by atoms with Gasteiger partial charge in [0.15, 0.2) is 0 Å². The molecular weight excluding hydrogens is 442 g/mol. The maximum Gasteiger partial charge on any atom is 0.239 e. The molecule has 2 rings (SSSR count). The molecule has 106 valence electrons. The average Bonchev–Trinajstić information content (AvgIpc) is 2.54. The van der Waals surface area contributed by atoms with Crippen LogP contribution in [0.1, 0.15) is 11.8 Å². The van der Waals surface area contributed by atoms with Crippen LogP contribution in [0, 0.1) is 5.41 Å². The SMILES string of the molecule is CN1C(=N)N[C@](C)(c2sc(Br)c(Br)c2Cl)CS1(=O)=O. The lowest BCUT2D eigenvalue weighted by atomic mass is 10.0. The lowest BCUT2D eigenvalue weighted by Crippen LogP contribution is -2.60. The molecule has 1 aliphatic heterocycles. The van der Waals surface area contributed by atoms with Gasteiger partial charge >= 0.3 is 0 Å². The first kappa shape index (κ1) is 15.6. The number of sulfonamides is 1. The Kier molecular flexibility index (Phi) is 3.99. The molecule has 0 aromatic carbocycles. The van der Waals surface area contributed by atoms with Crippen LogP contribution in [0.4, 0.5) is 0 Å². The van der Waals surface area contributed by atoms with Gasteiger partial charge in [-0.2, -0.15) is 0 Å². The van der Waals surface area contributed by atoms with Crippen molar-refractivity contribution >= 4 is 70.8 Å². The highest BCUT2D eigenvalue weighted by atomic mass is 79.9. The van der Waals surface area contributed by atoms with Crippen molar-refractivity contribution in [1.29, 1.82) is 5.41 Å². The van der Waals surface area contributed by atoms with Gasteiger partial charge in [-0.3, -0.25) is 5.41 Å². The first-order chi connectivity index (χ1) is 8.58. The minimum absolute atomic E-state index is 0.155. The van der Waals surface area contributed by atoms with Crippen LogP contribution in [-0.2, 0) is 15.6 Å². The molecule has 0 unspecified atom stereocenters. The van der Waals surface area contributed by atoms with Crippen molar-refractivity contribution in [2.75, 3.05) is 12.8 Å². The smallest absolute Gasteiger partial charge is 0.239 e. The maximum absolute atomic E-state index is 12.1. The third-order valence-corrected chi connectivity index (χ3v) is 9.24. The van der Waals surface area contributed by atoms with E-state index in [0.29, 0.717) is 14.4 Å². The van der Waals surface area contributed by atoms with Crippen LogP contribution in [0.2, 0.25) is 5.02 Å². The number of thiophene rings is 1. The van der Waals surface area contributed by atoms with E-state index in [4.69, 9.17) is 17.0 Å². The Bertz CT molecular complexity index is 661. The number of halogens is 3. The summed E-state index contributed by atoms with van der Waals surface area (Å²) in [6, 6.07) is 0. The Balaban J connectivity index is 2.55. The second-order valence-electron chi connectivity index (χ2n) is 4.36. The van der Waals surface area contributed by atoms with Crippen LogP contribution < -0.4 is 5.32 Å². The van der Waals surface area contributed by atoms with Gasteiger partial charge in [-0.1, -0.05) is 11.6 Å². The molecule has 1 fully saturated rings. The Labute approximate surface area is 137 Å². The molecule has 1 aromatic rings. The Hall–Kier alpha value is 0.170. The second-order valence-corrected chi connectivity index (χ2v) is 9.87. The minimum Gasteiger partial charge on any atom is -0.344 e. The number of guanidine groups is 1. The van der Waals surface area contributed by atoms with Crippen molar-refractivity contribution < 1.29 is 8.42 Å². The van der Waals surface area contributed by atoms with Gasteiger partial charge in [0, 0.05) is 7.05 Å². The number of nitrogens with zero attached hydrogens (tertiary/aromatic N) is 1. The number of hydrogen-bond acceptors (Lipinski definition) is 4. The summed E-state index contributed by atoms with van der Waals surface area (Å²) in [5.41, 5.74) is -0.918. The summed E-state index contributed by atoms with van der Waals surface area (Å²) >= 11 is 14.3. The van der Waals surface area contributed by atoms with E-state index in [0.717, 1.165) is 8.09 Å². The maximum atomic E-state index is 12.1. The van der Waals surface area contributed by atoms with Crippen LogP contribution >= 0.6 is 54.8 Å². The number of hydrogen-bond donors (Lipinski definition) is 2. The molecule has 1 atom stereocenters. The summed E-state index contributed by atoms with van der Waals surface area (Å²) in [6.07, 6.45) is 0. The standard InChI is InChI=1S/C9H10Br2ClN3O2S2/c1-9(6-5(12)4(10)7(11)18-6)3-19(16,17)15(2)8(13)14-9/h3H2,1-2H3,(H2,13,14)/t9-/m0/s1. The van der Waals surface area contributed by atoms with Gasteiger partial charge in [0.1, 0.15) is 0 Å². The summed E-state index contributed by atoms with van der Waals surface area (Å²) in [7, 11) is -2.17. The molecule has 2 heterocycles. The Morgan fingerprint density at radius 1 is 1.53 bits per heavy atom. The zero-order valence-corrected chi connectivity index (χ0v) is 15.5. The second kappa shape index (κ2) is 4.87. The van der Waals surface area contributed by atoms with Crippen LogP contribution in [0.15, 0.2) is 8.26 Å². The largest absolute Gasteiger partial charge is 0.344 e. The van der Waals surface area contributed by atoms with E-state index in [9.17, 15) is 8.42 Å². The number of rotatable bonds is 1. The van der Waals surface area contributed by atoms with Crippen LogP contribution in [0.25, 0.3) is 0 Å². The van der Waals surface area contributed by atoms with E-state index >= 15 is 0 Å². The Morgan fingerprint density at radius 3 is 2.53 bits per heavy atom. The van der Waals surface area contributed by atoms with Crippen molar-refractivity contribution in [2.24, 2.45) is 0 Å². The zero-order valence-electron chi connectivity index (χ0n) is 9.92. The normalized spacial score (nSPS) is 26.4. The van der Waals surface area contributed by atoms with Crippen molar-refractivity contribution in [3.63, 3.8) is 0 Å². The molecule has 1 aromatic heterocycles. The molecule has 0 radical (unpaired) electrons. The molecule has 0 aliphatic carbocycles. The topological polar surface area (TPSA) is 73.3 Å². The van der Waals surface area contributed by atoms with Crippen molar-refractivity contribution in [3.05, 3.63) is 18.2 Å². The molecule has 10 heteroatoms. The van der Waals surface area contributed by atoms with Crippen LogP contribution in [0.3, 0.4) is 0 Å². The highest BCUT2D eigenvalue weighted by Crippen LogP contribution is 2.46. The van der Waals surface area contributed by atoms with E-state index in [2.05, 4.69) is 37.2 Å². The highest BCUT2D eigenvalue weighted by molar-refractivity contribution is 9.13.